The molecular weight excluding hydrogens is 210 g/mol. The predicted molar refractivity (Wildman–Crippen MR) is 70.4 cm³/mol. The highest BCUT2D eigenvalue weighted by Gasteiger charge is 2.31. The zero-order chi connectivity index (χ0) is 12.6. The lowest BCUT2D eigenvalue weighted by molar-refractivity contribution is -0.121. The van der Waals surface area contributed by atoms with E-state index in [2.05, 4.69) is 38.2 Å². The van der Waals surface area contributed by atoms with Crippen LogP contribution >= 0.6 is 0 Å². The van der Waals surface area contributed by atoms with Gasteiger partial charge in [-0.3, -0.25) is 4.79 Å². The molecule has 17 heavy (non-hydrogen) atoms. The van der Waals surface area contributed by atoms with Crippen molar-refractivity contribution in [2.75, 3.05) is 7.05 Å². The van der Waals surface area contributed by atoms with Gasteiger partial charge in [0.2, 0.25) is 5.91 Å². The van der Waals surface area contributed by atoms with Gasteiger partial charge in [-0.2, -0.15) is 0 Å². The minimum atomic E-state index is 0.149. The third-order valence-corrected chi connectivity index (χ3v) is 3.97. The van der Waals surface area contributed by atoms with Gasteiger partial charge in [-0.1, -0.05) is 19.1 Å². The zero-order valence-electron chi connectivity index (χ0n) is 11.1. The Labute approximate surface area is 103 Å². The largest absolute Gasteiger partial charge is 0.359 e. The van der Waals surface area contributed by atoms with Crippen LogP contribution in [0.4, 0.5) is 0 Å². The highest BCUT2D eigenvalue weighted by atomic mass is 16.1. The average Bonchev–Trinajstić information content (AvgIpc) is 2.62. The van der Waals surface area contributed by atoms with Gasteiger partial charge in [0, 0.05) is 13.5 Å². The molecule has 0 bridgehead atoms. The van der Waals surface area contributed by atoms with Crippen LogP contribution in [0.25, 0.3) is 0 Å². The molecule has 1 amide bonds. The van der Waals surface area contributed by atoms with Crippen LogP contribution in [0.3, 0.4) is 0 Å². The van der Waals surface area contributed by atoms with E-state index < -0.39 is 0 Å². The van der Waals surface area contributed by atoms with Crippen LogP contribution in [0.5, 0.6) is 0 Å². The highest BCUT2D eigenvalue weighted by molar-refractivity contribution is 5.77. The molecule has 2 heteroatoms. The Balaban J connectivity index is 2.39. The average molecular weight is 231 g/mol. The number of carbonyl (C=O) groups is 1. The van der Waals surface area contributed by atoms with E-state index in [1.807, 2.05) is 0 Å². The Morgan fingerprint density at radius 2 is 1.88 bits per heavy atom. The van der Waals surface area contributed by atoms with Gasteiger partial charge in [0.15, 0.2) is 0 Å². The van der Waals surface area contributed by atoms with Crippen LogP contribution in [0.1, 0.15) is 53.9 Å². The van der Waals surface area contributed by atoms with Crippen LogP contribution in [0.15, 0.2) is 12.1 Å². The van der Waals surface area contributed by atoms with E-state index in [1.54, 1.807) is 7.05 Å². The smallest absolute Gasteiger partial charge is 0.220 e. The van der Waals surface area contributed by atoms with Gasteiger partial charge in [-0.15, -0.1) is 0 Å². The van der Waals surface area contributed by atoms with Gasteiger partial charge in [0.25, 0.3) is 0 Å². The lowest BCUT2D eigenvalue weighted by atomic mass is 9.91. The summed E-state index contributed by atoms with van der Waals surface area (Å²) in [6.45, 7) is 6.61. The van der Waals surface area contributed by atoms with Gasteiger partial charge < -0.3 is 5.32 Å². The third kappa shape index (κ3) is 2.08. The van der Waals surface area contributed by atoms with Crippen molar-refractivity contribution in [2.24, 2.45) is 0 Å². The lowest BCUT2D eigenvalue weighted by Gasteiger charge is -2.14. The van der Waals surface area contributed by atoms with E-state index >= 15 is 0 Å². The van der Waals surface area contributed by atoms with Crippen molar-refractivity contribution < 1.29 is 4.79 Å². The zero-order valence-corrected chi connectivity index (χ0v) is 11.1. The fourth-order valence-corrected chi connectivity index (χ4v) is 3.22. The molecule has 2 unspecified atom stereocenters. The molecule has 2 rings (SSSR count). The standard InChI is InChI=1S/C15H21NO/c1-9-5-6-10(2)15-12(8-13(17)16-4)7-11(3)14(9)15/h5-6,11-12H,7-8H2,1-4H3,(H,16,17). The molecule has 0 radical (unpaired) electrons. The fourth-order valence-electron chi connectivity index (χ4n) is 3.22. The second-order valence-electron chi connectivity index (χ2n) is 5.24. The molecule has 0 aromatic heterocycles. The summed E-state index contributed by atoms with van der Waals surface area (Å²) in [5.41, 5.74) is 5.63. The van der Waals surface area contributed by atoms with Crippen LogP contribution in [0, 0.1) is 13.8 Å². The Kier molecular flexibility index (Phi) is 3.23. The molecule has 1 aromatic rings. The Morgan fingerprint density at radius 3 is 2.47 bits per heavy atom. The van der Waals surface area contributed by atoms with Gasteiger partial charge in [-0.05, 0) is 54.4 Å². The summed E-state index contributed by atoms with van der Waals surface area (Å²) in [5.74, 6) is 1.13. The molecule has 0 heterocycles. The van der Waals surface area contributed by atoms with Crippen LogP contribution in [-0.4, -0.2) is 13.0 Å². The maximum atomic E-state index is 11.6. The van der Waals surface area contributed by atoms with Crippen molar-refractivity contribution in [1.29, 1.82) is 0 Å². The first kappa shape index (κ1) is 12.2. The quantitative estimate of drug-likeness (QED) is 0.833. The van der Waals surface area contributed by atoms with Gasteiger partial charge >= 0.3 is 0 Å². The molecule has 92 valence electrons. The second kappa shape index (κ2) is 4.52. The van der Waals surface area contributed by atoms with Crippen molar-refractivity contribution in [3.05, 3.63) is 34.4 Å². The summed E-state index contributed by atoms with van der Waals surface area (Å²) in [6, 6.07) is 4.38. The number of carbonyl (C=O) groups excluding carboxylic acids is 1. The number of benzene rings is 1. The van der Waals surface area contributed by atoms with E-state index in [0.29, 0.717) is 18.3 Å². The van der Waals surface area contributed by atoms with Crippen molar-refractivity contribution in [3.8, 4) is 0 Å². The third-order valence-electron chi connectivity index (χ3n) is 3.97. The number of hydrogen-bond acceptors (Lipinski definition) is 1. The molecule has 0 saturated heterocycles. The maximum Gasteiger partial charge on any atom is 0.220 e. The summed E-state index contributed by atoms with van der Waals surface area (Å²) in [5, 5.41) is 2.73. The number of rotatable bonds is 2. The molecule has 1 N–H and O–H groups in total. The molecule has 1 aromatic carbocycles. The van der Waals surface area contributed by atoms with Crippen LogP contribution < -0.4 is 5.32 Å². The number of nitrogens with one attached hydrogen (secondary N) is 1. The Bertz CT molecular complexity index is 450. The van der Waals surface area contributed by atoms with E-state index in [-0.39, 0.29) is 5.91 Å². The summed E-state index contributed by atoms with van der Waals surface area (Å²) < 4.78 is 0. The number of amides is 1. The summed E-state index contributed by atoms with van der Waals surface area (Å²) in [6.07, 6.45) is 1.73. The first-order valence-corrected chi connectivity index (χ1v) is 6.35. The minimum absolute atomic E-state index is 0.149. The number of fused-ring (bicyclic) bond motifs is 1. The van der Waals surface area contributed by atoms with Crippen molar-refractivity contribution in [3.63, 3.8) is 0 Å². The molecule has 0 fully saturated rings. The normalized spacial score (nSPS) is 22.4. The molecule has 1 aliphatic carbocycles. The van der Waals surface area contributed by atoms with E-state index in [1.165, 1.54) is 22.3 Å². The molecule has 1 aliphatic rings. The van der Waals surface area contributed by atoms with E-state index in [4.69, 9.17) is 0 Å². The number of hydrogen-bond donors (Lipinski definition) is 1. The molecule has 2 nitrogen and oxygen atoms in total. The van der Waals surface area contributed by atoms with Gasteiger partial charge in [0.1, 0.15) is 0 Å². The van der Waals surface area contributed by atoms with Crippen molar-refractivity contribution in [1.82, 2.24) is 5.32 Å². The first-order valence-electron chi connectivity index (χ1n) is 6.35. The summed E-state index contributed by atoms with van der Waals surface area (Å²) in [4.78, 5) is 11.6. The van der Waals surface area contributed by atoms with Gasteiger partial charge in [-0.25, -0.2) is 0 Å². The van der Waals surface area contributed by atoms with Crippen molar-refractivity contribution >= 4 is 5.91 Å². The Hall–Kier alpha value is -1.31. The predicted octanol–water partition coefficient (Wildman–Crippen LogP) is 3.03. The molecule has 0 spiro atoms. The lowest BCUT2D eigenvalue weighted by Crippen LogP contribution is -2.20. The maximum absolute atomic E-state index is 11.6. The SMILES string of the molecule is CNC(=O)CC1CC(C)c2c(C)ccc(C)c21. The van der Waals surface area contributed by atoms with Gasteiger partial charge in [0.05, 0.1) is 0 Å². The number of aryl methyl sites for hydroxylation is 2. The highest BCUT2D eigenvalue weighted by Crippen LogP contribution is 2.46. The minimum Gasteiger partial charge on any atom is -0.359 e. The fraction of sp³-hybridized carbons (Fsp3) is 0.533. The molecular formula is C15H21NO. The molecule has 2 atom stereocenters. The van der Waals surface area contributed by atoms with Crippen LogP contribution in [0.2, 0.25) is 0 Å². The van der Waals surface area contributed by atoms with Crippen LogP contribution in [-0.2, 0) is 4.79 Å². The van der Waals surface area contributed by atoms with E-state index in [0.717, 1.165) is 6.42 Å². The first-order chi connectivity index (χ1) is 8.04. The Morgan fingerprint density at radius 1 is 1.29 bits per heavy atom. The monoisotopic (exact) mass is 231 g/mol. The molecule has 0 saturated carbocycles. The summed E-state index contributed by atoms with van der Waals surface area (Å²) in [7, 11) is 1.71. The van der Waals surface area contributed by atoms with Crippen molar-refractivity contribution in [2.45, 2.75) is 45.4 Å². The second-order valence-corrected chi connectivity index (χ2v) is 5.24. The topological polar surface area (TPSA) is 29.1 Å². The summed E-state index contributed by atoms with van der Waals surface area (Å²) >= 11 is 0. The van der Waals surface area contributed by atoms with E-state index in [9.17, 15) is 4.79 Å². The molecule has 0 aliphatic heterocycles.